The molecule has 0 saturated carbocycles. The van der Waals surface area contributed by atoms with E-state index in [-0.39, 0.29) is 0 Å². The SMILES string of the molecule is CCN(Cc1ccccc1)c1nc(C)cc(Nc2ccc(OC)c(Cl)c2)n1. The predicted octanol–water partition coefficient (Wildman–Crippen LogP) is 5.22. The number of aryl methyl sites for hydroxylation is 1. The third kappa shape index (κ3) is 4.89. The molecular weight excluding hydrogens is 360 g/mol. The van der Waals surface area contributed by atoms with Crippen LogP contribution in [0.25, 0.3) is 0 Å². The van der Waals surface area contributed by atoms with Gasteiger partial charge in [0.1, 0.15) is 11.6 Å². The number of hydrogen-bond donors (Lipinski definition) is 1. The van der Waals surface area contributed by atoms with Gasteiger partial charge in [0.25, 0.3) is 0 Å². The Kier molecular flexibility index (Phi) is 6.14. The van der Waals surface area contributed by atoms with Crippen LogP contribution < -0.4 is 15.0 Å². The molecule has 1 N–H and O–H groups in total. The van der Waals surface area contributed by atoms with Crippen molar-refractivity contribution >= 4 is 29.1 Å². The summed E-state index contributed by atoms with van der Waals surface area (Å²) >= 11 is 6.22. The molecule has 27 heavy (non-hydrogen) atoms. The second-order valence-corrected chi connectivity index (χ2v) is 6.58. The maximum atomic E-state index is 6.22. The van der Waals surface area contributed by atoms with Gasteiger partial charge >= 0.3 is 0 Å². The van der Waals surface area contributed by atoms with Crippen molar-refractivity contribution in [2.24, 2.45) is 0 Å². The van der Waals surface area contributed by atoms with Crippen molar-refractivity contribution in [2.45, 2.75) is 20.4 Å². The molecule has 2 aromatic carbocycles. The number of halogens is 1. The second-order valence-electron chi connectivity index (χ2n) is 6.17. The summed E-state index contributed by atoms with van der Waals surface area (Å²) in [4.78, 5) is 11.5. The number of nitrogens with one attached hydrogen (secondary N) is 1. The van der Waals surface area contributed by atoms with E-state index in [4.69, 9.17) is 21.3 Å². The molecule has 0 unspecified atom stereocenters. The van der Waals surface area contributed by atoms with Crippen molar-refractivity contribution in [3.8, 4) is 5.75 Å². The van der Waals surface area contributed by atoms with Gasteiger partial charge < -0.3 is 15.0 Å². The number of hydrogen-bond acceptors (Lipinski definition) is 5. The molecule has 3 rings (SSSR count). The summed E-state index contributed by atoms with van der Waals surface area (Å²) in [7, 11) is 1.60. The highest BCUT2D eigenvalue weighted by Gasteiger charge is 2.11. The monoisotopic (exact) mass is 382 g/mol. The number of benzene rings is 2. The molecule has 0 fully saturated rings. The van der Waals surface area contributed by atoms with Crippen molar-refractivity contribution in [2.75, 3.05) is 23.9 Å². The molecule has 140 valence electrons. The number of ether oxygens (including phenoxy) is 1. The molecule has 0 aliphatic carbocycles. The number of anilines is 3. The van der Waals surface area contributed by atoms with Crippen LogP contribution in [0.1, 0.15) is 18.2 Å². The van der Waals surface area contributed by atoms with Crippen LogP contribution in [0.2, 0.25) is 5.02 Å². The van der Waals surface area contributed by atoms with Gasteiger partial charge in [0.2, 0.25) is 5.95 Å². The van der Waals surface area contributed by atoms with E-state index in [0.29, 0.717) is 16.7 Å². The topological polar surface area (TPSA) is 50.3 Å². The molecule has 0 aliphatic heterocycles. The predicted molar refractivity (Wildman–Crippen MR) is 111 cm³/mol. The fourth-order valence-electron chi connectivity index (χ4n) is 2.78. The van der Waals surface area contributed by atoms with Gasteiger partial charge in [-0.05, 0) is 37.6 Å². The van der Waals surface area contributed by atoms with Crippen LogP contribution in [-0.2, 0) is 6.54 Å². The molecule has 0 saturated heterocycles. The third-order valence-corrected chi connectivity index (χ3v) is 4.44. The van der Waals surface area contributed by atoms with Crippen LogP contribution in [0.15, 0.2) is 54.6 Å². The zero-order valence-corrected chi connectivity index (χ0v) is 16.5. The lowest BCUT2D eigenvalue weighted by Gasteiger charge is -2.22. The first-order valence-corrected chi connectivity index (χ1v) is 9.22. The van der Waals surface area contributed by atoms with E-state index in [1.54, 1.807) is 7.11 Å². The van der Waals surface area contributed by atoms with Crippen LogP contribution in [0.3, 0.4) is 0 Å². The Morgan fingerprint density at radius 1 is 1.07 bits per heavy atom. The van der Waals surface area contributed by atoms with Gasteiger partial charge in [0.15, 0.2) is 0 Å². The fourth-order valence-corrected chi connectivity index (χ4v) is 3.04. The molecule has 6 heteroatoms. The molecule has 3 aromatic rings. The van der Waals surface area contributed by atoms with E-state index in [9.17, 15) is 0 Å². The van der Waals surface area contributed by atoms with Gasteiger partial charge in [-0.15, -0.1) is 0 Å². The third-order valence-electron chi connectivity index (χ3n) is 4.15. The van der Waals surface area contributed by atoms with Crippen LogP contribution in [-0.4, -0.2) is 23.6 Å². The Bertz CT molecular complexity index is 902. The minimum Gasteiger partial charge on any atom is -0.495 e. The summed E-state index contributed by atoms with van der Waals surface area (Å²) in [5.41, 5.74) is 2.96. The average Bonchev–Trinajstić information content (AvgIpc) is 2.66. The summed E-state index contributed by atoms with van der Waals surface area (Å²) in [6.07, 6.45) is 0. The first-order valence-electron chi connectivity index (χ1n) is 8.84. The number of rotatable bonds is 7. The molecule has 5 nitrogen and oxygen atoms in total. The first kappa shape index (κ1) is 19.0. The van der Waals surface area contributed by atoms with E-state index in [1.165, 1.54) is 5.56 Å². The summed E-state index contributed by atoms with van der Waals surface area (Å²) in [6, 6.07) is 17.8. The molecule has 1 aromatic heterocycles. The van der Waals surface area contributed by atoms with Crippen molar-refractivity contribution in [1.29, 1.82) is 0 Å². The van der Waals surface area contributed by atoms with Gasteiger partial charge in [-0.25, -0.2) is 4.98 Å². The van der Waals surface area contributed by atoms with Gasteiger partial charge in [-0.2, -0.15) is 4.98 Å². The fraction of sp³-hybridized carbons (Fsp3) is 0.238. The molecule has 0 bridgehead atoms. The van der Waals surface area contributed by atoms with E-state index >= 15 is 0 Å². The maximum Gasteiger partial charge on any atom is 0.227 e. The van der Waals surface area contributed by atoms with E-state index in [1.807, 2.05) is 49.4 Å². The smallest absolute Gasteiger partial charge is 0.227 e. The number of aromatic nitrogens is 2. The Balaban J connectivity index is 1.83. The summed E-state index contributed by atoms with van der Waals surface area (Å²) in [6.45, 7) is 5.64. The Labute approximate surface area is 165 Å². The summed E-state index contributed by atoms with van der Waals surface area (Å²) in [5.74, 6) is 2.07. The summed E-state index contributed by atoms with van der Waals surface area (Å²) in [5, 5.41) is 3.85. The molecule has 0 spiro atoms. The maximum absolute atomic E-state index is 6.22. The van der Waals surface area contributed by atoms with E-state index in [0.717, 1.165) is 30.3 Å². The Hall–Kier alpha value is -2.79. The molecule has 0 amide bonds. The quantitative estimate of drug-likeness (QED) is 0.607. The lowest BCUT2D eigenvalue weighted by Crippen LogP contribution is -2.24. The Morgan fingerprint density at radius 2 is 1.85 bits per heavy atom. The van der Waals surface area contributed by atoms with Crippen LogP contribution in [0.4, 0.5) is 17.5 Å². The lowest BCUT2D eigenvalue weighted by atomic mass is 10.2. The highest BCUT2D eigenvalue weighted by atomic mass is 35.5. The van der Waals surface area contributed by atoms with Gasteiger partial charge in [-0.3, -0.25) is 0 Å². The van der Waals surface area contributed by atoms with Crippen LogP contribution in [0, 0.1) is 6.92 Å². The lowest BCUT2D eigenvalue weighted by molar-refractivity contribution is 0.415. The zero-order chi connectivity index (χ0) is 19.2. The normalized spacial score (nSPS) is 10.5. The van der Waals surface area contributed by atoms with Gasteiger partial charge in [0.05, 0.1) is 12.1 Å². The molecule has 0 radical (unpaired) electrons. The van der Waals surface area contributed by atoms with Gasteiger partial charge in [-0.1, -0.05) is 41.9 Å². The van der Waals surface area contributed by atoms with Crippen molar-refractivity contribution in [3.63, 3.8) is 0 Å². The highest BCUT2D eigenvalue weighted by Crippen LogP contribution is 2.29. The average molecular weight is 383 g/mol. The largest absolute Gasteiger partial charge is 0.495 e. The molecule has 0 atom stereocenters. The molecular formula is C21H23ClN4O. The zero-order valence-electron chi connectivity index (χ0n) is 15.7. The van der Waals surface area contributed by atoms with E-state index < -0.39 is 0 Å². The van der Waals surface area contributed by atoms with Crippen molar-refractivity contribution < 1.29 is 4.74 Å². The molecule has 1 heterocycles. The van der Waals surface area contributed by atoms with Crippen molar-refractivity contribution in [1.82, 2.24) is 9.97 Å². The summed E-state index contributed by atoms with van der Waals surface area (Å²) < 4.78 is 5.20. The van der Waals surface area contributed by atoms with Crippen molar-refractivity contribution in [3.05, 3.63) is 70.9 Å². The highest BCUT2D eigenvalue weighted by molar-refractivity contribution is 6.32. The van der Waals surface area contributed by atoms with Gasteiger partial charge in [0, 0.05) is 30.5 Å². The van der Waals surface area contributed by atoms with Crippen LogP contribution >= 0.6 is 11.6 Å². The van der Waals surface area contributed by atoms with Crippen LogP contribution in [0.5, 0.6) is 5.75 Å². The van der Waals surface area contributed by atoms with E-state index in [2.05, 4.69) is 34.3 Å². The minimum atomic E-state index is 0.549. The first-order chi connectivity index (χ1) is 13.1. The number of methoxy groups -OCH3 is 1. The minimum absolute atomic E-state index is 0.549. The molecule has 0 aliphatic rings. The Morgan fingerprint density at radius 3 is 2.52 bits per heavy atom. The number of nitrogens with zero attached hydrogens (tertiary/aromatic N) is 3. The standard InChI is InChI=1S/C21H23ClN4O/c1-4-26(14-16-8-6-5-7-9-16)21-23-15(2)12-20(25-21)24-17-10-11-19(27-3)18(22)13-17/h5-13H,4,14H2,1-3H3,(H,23,24,25). The second kappa shape index (κ2) is 8.73.